The average Bonchev–Trinajstić information content (AvgIpc) is 2.28. The third-order valence-corrected chi connectivity index (χ3v) is 2.35. The van der Waals surface area contributed by atoms with Crippen LogP contribution in [-0.4, -0.2) is 20.1 Å². The van der Waals surface area contributed by atoms with Gasteiger partial charge < -0.3 is 15.2 Å². The molecule has 1 aromatic rings. The zero-order valence-electron chi connectivity index (χ0n) is 10.4. The molecule has 1 rings (SSSR count). The van der Waals surface area contributed by atoms with E-state index >= 15 is 0 Å². The van der Waals surface area contributed by atoms with E-state index in [9.17, 15) is 8.78 Å². The summed E-state index contributed by atoms with van der Waals surface area (Å²) in [5, 5.41) is 0. The van der Waals surface area contributed by atoms with Crippen LogP contribution in [0, 0.1) is 0 Å². The molecular weight excluding hydrogens is 264 g/mol. The molecule has 0 unspecified atom stereocenters. The fourth-order valence-electron chi connectivity index (χ4n) is 1.52. The van der Waals surface area contributed by atoms with Gasteiger partial charge in [-0.1, -0.05) is 6.07 Å². The summed E-state index contributed by atoms with van der Waals surface area (Å²) in [7, 11) is 1.52. The van der Waals surface area contributed by atoms with Crippen molar-refractivity contribution in [2.75, 3.05) is 13.7 Å². The Balaban J connectivity index is 0.00000289. The van der Waals surface area contributed by atoms with Gasteiger partial charge in [-0.05, 0) is 24.6 Å². The van der Waals surface area contributed by atoms with Crippen molar-refractivity contribution in [1.82, 2.24) is 0 Å². The van der Waals surface area contributed by atoms with Crippen LogP contribution >= 0.6 is 12.4 Å². The summed E-state index contributed by atoms with van der Waals surface area (Å²) in [5.41, 5.74) is 6.30. The van der Waals surface area contributed by atoms with Gasteiger partial charge in [-0.2, -0.15) is 0 Å². The summed E-state index contributed by atoms with van der Waals surface area (Å²) < 4.78 is 34.9. The molecule has 104 valence electrons. The van der Waals surface area contributed by atoms with Crippen molar-refractivity contribution in [1.29, 1.82) is 0 Å². The van der Waals surface area contributed by atoms with Crippen molar-refractivity contribution in [3.63, 3.8) is 0 Å². The predicted molar refractivity (Wildman–Crippen MR) is 69.0 cm³/mol. The monoisotopic (exact) mass is 281 g/mol. The number of alkyl halides is 2. The third-order valence-electron chi connectivity index (χ3n) is 2.35. The molecule has 0 aromatic heterocycles. The lowest BCUT2D eigenvalue weighted by Crippen LogP contribution is -2.14. The largest absolute Gasteiger partial charge is 0.493 e. The number of hydrogen-bond donors (Lipinski definition) is 1. The fourth-order valence-corrected chi connectivity index (χ4v) is 1.52. The Bertz CT molecular complexity index is 364. The summed E-state index contributed by atoms with van der Waals surface area (Å²) in [4.78, 5) is 0. The Labute approximate surface area is 112 Å². The number of benzene rings is 1. The SMILES string of the molecule is CCOc1cc([C@@H](N)CC(F)F)ccc1OC.Cl. The molecule has 0 radical (unpaired) electrons. The Hall–Kier alpha value is -1.07. The molecule has 0 saturated carbocycles. The van der Waals surface area contributed by atoms with Crippen molar-refractivity contribution in [3.05, 3.63) is 23.8 Å². The first-order chi connectivity index (χ1) is 8.08. The highest BCUT2D eigenvalue weighted by Gasteiger charge is 2.15. The Kier molecular flexibility index (Phi) is 7.62. The molecule has 0 bridgehead atoms. The summed E-state index contributed by atoms with van der Waals surface area (Å²) in [5.74, 6) is 1.09. The summed E-state index contributed by atoms with van der Waals surface area (Å²) in [6.07, 6.45) is -2.78. The zero-order chi connectivity index (χ0) is 12.8. The van der Waals surface area contributed by atoms with Crippen molar-refractivity contribution in [3.8, 4) is 11.5 Å². The lowest BCUT2D eigenvalue weighted by molar-refractivity contribution is 0.128. The van der Waals surface area contributed by atoms with Gasteiger partial charge in [-0.25, -0.2) is 8.78 Å². The van der Waals surface area contributed by atoms with Gasteiger partial charge in [0.15, 0.2) is 11.5 Å². The van der Waals surface area contributed by atoms with E-state index in [2.05, 4.69) is 0 Å². The van der Waals surface area contributed by atoms with E-state index in [1.807, 2.05) is 6.92 Å². The molecule has 0 aliphatic carbocycles. The van der Waals surface area contributed by atoms with E-state index in [-0.39, 0.29) is 18.8 Å². The first-order valence-corrected chi connectivity index (χ1v) is 5.43. The zero-order valence-corrected chi connectivity index (χ0v) is 11.2. The maximum atomic E-state index is 12.2. The van der Waals surface area contributed by atoms with Gasteiger partial charge in [-0.15, -0.1) is 12.4 Å². The third kappa shape index (κ3) is 4.66. The Morgan fingerprint density at radius 2 is 1.94 bits per heavy atom. The average molecular weight is 282 g/mol. The number of methoxy groups -OCH3 is 1. The molecule has 2 N–H and O–H groups in total. The highest BCUT2D eigenvalue weighted by molar-refractivity contribution is 5.85. The number of nitrogens with two attached hydrogens (primary N) is 1. The molecule has 6 heteroatoms. The quantitative estimate of drug-likeness (QED) is 0.871. The van der Waals surface area contributed by atoms with Crippen LogP contribution in [0.2, 0.25) is 0 Å². The molecule has 0 aliphatic rings. The highest BCUT2D eigenvalue weighted by atomic mass is 35.5. The first-order valence-electron chi connectivity index (χ1n) is 5.43. The fraction of sp³-hybridized carbons (Fsp3) is 0.500. The second kappa shape index (κ2) is 8.11. The van der Waals surface area contributed by atoms with Crippen LogP contribution in [-0.2, 0) is 0 Å². The van der Waals surface area contributed by atoms with Gasteiger partial charge in [0.1, 0.15) is 0 Å². The van der Waals surface area contributed by atoms with E-state index in [1.165, 1.54) is 7.11 Å². The molecule has 0 heterocycles. The van der Waals surface area contributed by atoms with Crippen molar-refractivity contribution in [2.24, 2.45) is 5.73 Å². The van der Waals surface area contributed by atoms with Crippen LogP contribution in [0.15, 0.2) is 18.2 Å². The van der Waals surface area contributed by atoms with E-state index < -0.39 is 12.5 Å². The minimum Gasteiger partial charge on any atom is -0.493 e. The Morgan fingerprint density at radius 3 is 2.44 bits per heavy atom. The van der Waals surface area contributed by atoms with Gasteiger partial charge in [0, 0.05) is 12.5 Å². The molecule has 1 atom stereocenters. The van der Waals surface area contributed by atoms with Crippen LogP contribution in [0.25, 0.3) is 0 Å². The van der Waals surface area contributed by atoms with Crippen LogP contribution in [0.4, 0.5) is 8.78 Å². The van der Waals surface area contributed by atoms with Crippen molar-refractivity contribution >= 4 is 12.4 Å². The minimum atomic E-state index is -2.41. The topological polar surface area (TPSA) is 44.5 Å². The van der Waals surface area contributed by atoms with E-state index in [0.29, 0.717) is 23.7 Å². The van der Waals surface area contributed by atoms with Crippen molar-refractivity contribution < 1.29 is 18.3 Å². The highest BCUT2D eigenvalue weighted by Crippen LogP contribution is 2.31. The molecule has 0 fully saturated rings. The maximum Gasteiger partial charge on any atom is 0.240 e. The second-order valence-corrected chi connectivity index (χ2v) is 3.58. The maximum absolute atomic E-state index is 12.2. The Morgan fingerprint density at radius 1 is 1.28 bits per heavy atom. The lowest BCUT2D eigenvalue weighted by atomic mass is 10.0. The second-order valence-electron chi connectivity index (χ2n) is 3.58. The summed E-state index contributed by atoms with van der Waals surface area (Å²) in [6.45, 7) is 2.31. The first kappa shape index (κ1) is 16.9. The van der Waals surface area contributed by atoms with Crippen LogP contribution in [0.3, 0.4) is 0 Å². The molecule has 1 aromatic carbocycles. The van der Waals surface area contributed by atoms with Gasteiger partial charge in [0.25, 0.3) is 0 Å². The van der Waals surface area contributed by atoms with Gasteiger partial charge in [-0.3, -0.25) is 0 Å². The summed E-state index contributed by atoms with van der Waals surface area (Å²) in [6, 6.07) is 4.30. The number of hydrogen-bond acceptors (Lipinski definition) is 3. The van der Waals surface area contributed by atoms with Gasteiger partial charge in [0.2, 0.25) is 6.43 Å². The summed E-state index contributed by atoms with van der Waals surface area (Å²) >= 11 is 0. The standard InChI is InChI=1S/C12H17F2NO2.ClH/c1-3-17-11-6-8(4-5-10(11)16-2)9(15)7-12(13)14;/h4-6,9,12H,3,7,15H2,1-2H3;1H/t9-;/m0./s1. The molecule has 0 aliphatic heterocycles. The number of halogens is 3. The minimum absolute atomic E-state index is 0. The molecule has 0 amide bonds. The molecule has 0 saturated heterocycles. The lowest BCUT2D eigenvalue weighted by Gasteiger charge is -2.15. The number of rotatable bonds is 6. The van der Waals surface area contributed by atoms with Gasteiger partial charge in [0.05, 0.1) is 13.7 Å². The van der Waals surface area contributed by atoms with Crippen LogP contribution in [0.5, 0.6) is 11.5 Å². The van der Waals surface area contributed by atoms with Gasteiger partial charge >= 0.3 is 0 Å². The normalized spacial score (nSPS) is 11.9. The van der Waals surface area contributed by atoms with E-state index in [1.54, 1.807) is 18.2 Å². The van der Waals surface area contributed by atoms with Crippen LogP contribution in [0.1, 0.15) is 24.9 Å². The van der Waals surface area contributed by atoms with Crippen LogP contribution < -0.4 is 15.2 Å². The molecule has 18 heavy (non-hydrogen) atoms. The number of ether oxygens (including phenoxy) is 2. The smallest absolute Gasteiger partial charge is 0.240 e. The van der Waals surface area contributed by atoms with E-state index in [0.717, 1.165) is 0 Å². The predicted octanol–water partition coefficient (Wildman–Crippen LogP) is 3.17. The van der Waals surface area contributed by atoms with E-state index in [4.69, 9.17) is 15.2 Å². The molecule has 0 spiro atoms. The van der Waals surface area contributed by atoms with Crippen molar-refractivity contribution in [2.45, 2.75) is 25.8 Å². The molecular formula is C12H18ClF2NO2. The molecule has 3 nitrogen and oxygen atoms in total.